The first-order chi connectivity index (χ1) is 8.78. The number of aromatic nitrogens is 2. The van der Waals surface area contributed by atoms with Crippen LogP contribution < -0.4 is 0 Å². The number of hydrogen-bond donors (Lipinski definition) is 0. The Balaban J connectivity index is 1.98. The molecule has 1 fully saturated rings. The quantitative estimate of drug-likeness (QED) is 0.745. The average molecular weight is 328 g/mol. The second-order valence-electron chi connectivity index (χ2n) is 4.98. The highest BCUT2D eigenvalue weighted by atomic mass is 79.9. The molecule has 0 amide bonds. The fourth-order valence-corrected chi connectivity index (χ4v) is 2.91. The molecule has 3 rings (SSSR count). The van der Waals surface area contributed by atoms with Crippen LogP contribution in [0.1, 0.15) is 25.1 Å². The maximum absolute atomic E-state index is 5.88. The Morgan fingerprint density at radius 2 is 2.22 bits per heavy atom. The molecule has 1 aliphatic rings. The minimum absolute atomic E-state index is 0.633. The molecule has 2 aromatic rings. The molecule has 4 heteroatoms. The summed E-state index contributed by atoms with van der Waals surface area (Å²) in [4.78, 5) is 4.70. The highest BCUT2D eigenvalue weighted by Gasteiger charge is 2.21. The van der Waals surface area contributed by atoms with Crippen molar-refractivity contribution in [1.82, 2.24) is 9.55 Å². The minimum Gasteiger partial charge on any atom is -0.328 e. The molecule has 0 unspecified atom stereocenters. The van der Waals surface area contributed by atoms with Crippen LogP contribution >= 0.6 is 27.5 Å². The van der Waals surface area contributed by atoms with Gasteiger partial charge in [-0.25, -0.2) is 4.98 Å². The van der Waals surface area contributed by atoms with E-state index in [1.54, 1.807) is 0 Å². The van der Waals surface area contributed by atoms with Crippen molar-refractivity contribution in [2.24, 2.45) is 5.92 Å². The number of nitrogens with zero attached hydrogens (tertiary/aromatic N) is 2. The zero-order valence-corrected chi connectivity index (χ0v) is 12.5. The van der Waals surface area contributed by atoms with Gasteiger partial charge in [-0.2, -0.15) is 0 Å². The fraction of sp³-hybridized carbons (Fsp3) is 0.500. The molecule has 96 valence electrons. The minimum atomic E-state index is 0.633. The van der Waals surface area contributed by atoms with Crippen LogP contribution in [0.25, 0.3) is 11.0 Å². The molecule has 2 nitrogen and oxygen atoms in total. The maximum Gasteiger partial charge on any atom is 0.111 e. The lowest BCUT2D eigenvalue weighted by Gasteiger charge is -2.08. The van der Waals surface area contributed by atoms with Gasteiger partial charge in [0.25, 0.3) is 0 Å². The van der Waals surface area contributed by atoms with E-state index in [9.17, 15) is 0 Å². The summed E-state index contributed by atoms with van der Waals surface area (Å²) in [5, 5.41) is 0. The maximum atomic E-state index is 5.88. The molecule has 0 bridgehead atoms. The van der Waals surface area contributed by atoms with E-state index in [4.69, 9.17) is 16.6 Å². The third kappa shape index (κ3) is 2.57. The van der Waals surface area contributed by atoms with Crippen LogP contribution in [0.15, 0.2) is 22.7 Å². The van der Waals surface area contributed by atoms with Crippen LogP contribution in [-0.4, -0.2) is 15.4 Å². The molecule has 1 aliphatic carbocycles. The third-order valence-corrected chi connectivity index (χ3v) is 4.25. The monoisotopic (exact) mass is 326 g/mol. The molecule has 0 spiro atoms. The largest absolute Gasteiger partial charge is 0.328 e. The van der Waals surface area contributed by atoms with Crippen molar-refractivity contribution in [2.75, 3.05) is 5.88 Å². The van der Waals surface area contributed by atoms with E-state index < -0.39 is 0 Å². The van der Waals surface area contributed by atoms with Gasteiger partial charge in [0.15, 0.2) is 0 Å². The predicted molar refractivity (Wildman–Crippen MR) is 79.2 cm³/mol. The van der Waals surface area contributed by atoms with Gasteiger partial charge in [0.1, 0.15) is 5.82 Å². The lowest BCUT2D eigenvalue weighted by Crippen LogP contribution is -2.05. The van der Waals surface area contributed by atoms with Crippen molar-refractivity contribution in [2.45, 2.75) is 32.2 Å². The molecule has 18 heavy (non-hydrogen) atoms. The van der Waals surface area contributed by atoms with Gasteiger partial charge in [-0.15, -0.1) is 11.6 Å². The van der Waals surface area contributed by atoms with E-state index in [0.717, 1.165) is 34.7 Å². The van der Waals surface area contributed by atoms with E-state index in [2.05, 4.69) is 32.6 Å². The summed E-state index contributed by atoms with van der Waals surface area (Å²) >= 11 is 9.42. The first-order valence-corrected chi connectivity index (χ1v) is 7.81. The Kier molecular flexibility index (Phi) is 3.62. The van der Waals surface area contributed by atoms with Crippen LogP contribution in [0, 0.1) is 5.92 Å². The van der Waals surface area contributed by atoms with Gasteiger partial charge in [-0.3, -0.25) is 0 Å². The van der Waals surface area contributed by atoms with E-state index >= 15 is 0 Å². The van der Waals surface area contributed by atoms with Crippen molar-refractivity contribution < 1.29 is 0 Å². The number of aryl methyl sites for hydroxylation is 2. The fourth-order valence-electron chi connectivity index (χ4n) is 2.39. The van der Waals surface area contributed by atoms with Crippen molar-refractivity contribution in [3.63, 3.8) is 0 Å². The first-order valence-electron chi connectivity index (χ1n) is 6.48. The summed E-state index contributed by atoms with van der Waals surface area (Å²) in [5.41, 5.74) is 2.30. The number of hydrogen-bond acceptors (Lipinski definition) is 1. The smallest absolute Gasteiger partial charge is 0.111 e. The SMILES string of the molecule is ClCCc1nc2ccc(Br)cc2n1CCC1CC1. The molecule has 1 saturated carbocycles. The van der Waals surface area contributed by atoms with Gasteiger partial charge in [-0.05, 0) is 30.5 Å². The molecule has 0 N–H and O–H groups in total. The Labute approximate surface area is 120 Å². The summed E-state index contributed by atoms with van der Waals surface area (Å²) < 4.78 is 3.46. The van der Waals surface area contributed by atoms with Crippen molar-refractivity contribution in [1.29, 1.82) is 0 Å². The standard InChI is InChI=1S/C14H16BrClN2/c15-11-3-4-12-13(9-11)18(8-6-10-1-2-10)14(17-12)5-7-16/h3-4,9-10H,1-2,5-8H2. The third-order valence-electron chi connectivity index (χ3n) is 3.57. The van der Waals surface area contributed by atoms with E-state index in [1.165, 1.54) is 24.8 Å². The Morgan fingerprint density at radius 1 is 1.39 bits per heavy atom. The average Bonchev–Trinajstić information content (AvgIpc) is 3.11. The zero-order chi connectivity index (χ0) is 12.5. The highest BCUT2D eigenvalue weighted by Crippen LogP contribution is 2.33. The number of benzene rings is 1. The van der Waals surface area contributed by atoms with Crippen molar-refractivity contribution >= 4 is 38.6 Å². The zero-order valence-electron chi connectivity index (χ0n) is 10.2. The normalized spacial score (nSPS) is 15.4. The lowest BCUT2D eigenvalue weighted by molar-refractivity contribution is 0.588. The Morgan fingerprint density at radius 3 is 2.94 bits per heavy atom. The number of rotatable bonds is 5. The van der Waals surface area contributed by atoms with Gasteiger partial charge in [0.2, 0.25) is 0 Å². The summed E-state index contributed by atoms with van der Waals surface area (Å²) in [6.45, 7) is 1.07. The van der Waals surface area contributed by atoms with Crippen molar-refractivity contribution in [3.8, 4) is 0 Å². The van der Waals surface area contributed by atoms with E-state index in [1.807, 2.05) is 6.07 Å². The van der Waals surface area contributed by atoms with E-state index in [0.29, 0.717) is 5.88 Å². The second-order valence-corrected chi connectivity index (χ2v) is 6.28. The molecule has 0 saturated heterocycles. The number of fused-ring (bicyclic) bond motifs is 1. The van der Waals surface area contributed by atoms with Crippen LogP contribution in [0.5, 0.6) is 0 Å². The van der Waals surface area contributed by atoms with Gasteiger partial charge < -0.3 is 4.57 Å². The molecule has 0 radical (unpaired) electrons. The van der Waals surface area contributed by atoms with Crippen molar-refractivity contribution in [3.05, 3.63) is 28.5 Å². The van der Waals surface area contributed by atoms with Gasteiger partial charge in [-0.1, -0.05) is 28.8 Å². The molecular formula is C14H16BrClN2. The van der Waals surface area contributed by atoms with Crippen LogP contribution in [0.2, 0.25) is 0 Å². The lowest BCUT2D eigenvalue weighted by atomic mass is 10.2. The Bertz CT molecular complexity index is 560. The van der Waals surface area contributed by atoms with E-state index in [-0.39, 0.29) is 0 Å². The summed E-state index contributed by atoms with van der Waals surface area (Å²) in [7, 11) is 0. The van der Waals surface area contributed by atoms with Crippen LogP contribution in [0.3, 0.4) is 0 Å². The second kappa shape index (κ2) is 5.22. The van der Waals surface area contributed by atoms with Crippen LogP contribution in [-0.2, 0) is 13.0 Å². The molecular weight excluding hydrogens is 312 g/mol. The van der Waals surface area contributed by atoms with Gasteiger partial charge in [0.05, 0.1) is 11.0 Å². The predicted octanol–water partition coefficient (Wildman–Crippen LogP) is 4.38. The summed E-state index contributed by atoms with van der Waals surface area (Å²) in [5.74, 6) is 2.70. The molecule has 1 heterocycles. The molecule has 1 aromatic heterocycles. The van der Waals surface area contributed by atoms with Crippen LogP contribution in [0.4, 0.5) is 0 Å². The molecule has 0 aliphatic heterocycles. The summed E-state index contributed by atoms with van der Waals surface area (Å²) in [6, 6.07) is 6.28. The number of halogens is 2. The Hall–Kier alpha value is -0.540. The topological polar surface area (TPSA) is 17.8 Å². The van der Waals surface area contributed by atoms with Gasteiger partial charge in [0, 0.05) is 23.3 Å². The molecule has 0 atom stereocenters. The summed E-state index contributed by atoms with van der Waals surface area (Å²) in [6.07, 6.45) is 4.92. The number of alkyl halides is 1. The van der Waals surface area contributed by atoms with Gasteiger partial charge >= 0.3 is 0 Å². The highest BCUT2D eigenvalue weighted by molar-refractivity contribution is 9.10. The molecule has 1 aromatic carbocycles. The first kappa shape index (κ1) is 12.5. The number of imidazole rings is 1.